The van der Waals surface area contributed by atoms with Crippen LogP contribution in [-0.2, 0) is 0 Å². The monoisotopic (exact) mass is 495 g/mol. The molecule has 3 N–H and O–H groups in total. The van der Waals surface area contributed by atoms with Gasteiger partial charge in [-0.05, 0) is 30.4 Å². The second-order valence-electron chi connectivity index (χ2n) is 9.06. The molecule has 1 fully saturated rings. The molecule has 2 heterocycles. The Balaban J connectivity index is 1.98. The van der Waals surface area contributed by atoms with Crippen molar-refractivity contribution in [3.63, 3.8) is 0 Å². The maximum atomic E-state index is 14.5. The van der Waals surface area contributed by atoms with Gasteiger partial charge in [0.2, 0.25) is 5.82 Å². The number of carbonyl (C=O) groups is 1. The van der Waals surface area contributed by atoms with Gasteiger partial charge in [0, 0.05) is 29.4 Å². The SMILES string of the molecule is COc1c(C2C[C@](C)(C(F)(F)F)[C@H](C)C2c2cc(=O)c3c(C(N)=O)nccc3[nH]2)ccc(F)c1F. The van der Waals surface area contributed by atoms with E-state index < -0.39 is 64.5 Å². The topological polar surface area (TPSA) is 98.1 Å². The fourth-order valence-corrected chi connectivity index (χ4v) is 5.31. The molecule has 1 aliphatic rings. The van der Waals surface area contributed by atoms with Crippen LogP contribution in [0.5, 0.6) is 5.75 Å². The van der Waals surface area contributed by atoms with Crippen molar-refractivity contribution in [1.82, 2.24) is 9.97 Å². The van der Waals surface area contributed by atoms with Gasteiger partial charge in [0.25, 0.3) is 5.91 Å². The third-order valence-corrected chi connectivity index (χ3v) is 7.31. The summed E-state index contributed by atoms with van der Waals surface area (Å²) in [6, 6.07) is 4.56. The minimum atomic E-state index is -4.62. The summed E-state index contributed by atoms with van der Waals surface area (Å²) in [4.78, 5) is 31.5. The molecule has 2 unspecified atom stereocenters. The van der Waals surface area contributed by atoms with Crippen molar-refractivity contribution in [3.05, 3.63) is 69.3 Å². The molecule has 1 aliphatic carbocycles. The number of nitrogens with one attached hydrogen (secondary N) is 1. The van der Waals surface area contributed by atoms with Gasteiger partial charge >= 0.3 is 6.18 Å². The first-order valence-corrected chi connectivity index (χ1v) is 10.7. The number of hydrogen-bond acceptors (Lipinski definition) is 4. The van der Waals surface area contributed by atoms with Gasteiger partial charge in [-0.3, -0.25) is 14.6 Å². The van der Waals surface area contributed by atoms with Gasteiger partial charge in [-0.2, -0.15) is 17.6 Å². The molecule has 0 saturated heterocycles. The lowest BCUT2D eigenvalue weighted by Gasteiger charge is -2.33. The Morgan fingerprint density at radius 1 is 1.26 bits per heavy atom. The summed E-state index contributed by atoms with van der Waals surface area (Å²) >= 11 is 0. The molecule has 11 heteroatoms. The first-order valence-electron chi connectivity index (χ1n) is 10.7. The second kappa shape index (κ2) is 8.31. The second-order valence-corrected chi connectivity index (χ2v) is 9.06. The number of methoxy groups -OCH3 is 1. The summed E-state index contributed by atoms with van der Waals surface area (Å²) < 4.78 is 76.3. The zero-order valence-corrected chi connectivity index (χ0v) is 19.0. The summed E-state index contributed by atoms with van der Waals surface area (Å²) in [6.07, 6.45) is -3.83. The van der Waals surface area contributed by atoms with Crippen LogP contribution >= 0.6 is 0 Å². The highest BCUT2D eigenvalue weighted by molar-refractivity contribution is 6.03. The van der Waals surface area contributed by atoms with Gasteiger partial charge in [-0.1, -0.05) is 19.9 Å². The molecule has 1 saturated carbocycles. The average molecular weight is 495 g/mol. The number of H-pyrrole nitrogens is 1. The van der Waals surface area contributed by atoms with Crippen LogP contribution in [0.25, 0.3) is 10.9 Å². The Morgan fingerprint density at radius 2 is 1.94 bits per heavy atom. The summed E-state index contributed by atoms with van der Waals surface area (Å²) in [5.74, 6) is -6.93. The van der Waals surface area contributed by atoms with Crippen molar-refractivity contribution in [2.24, 2.45) is 17.1 Å². The number of nitrogens with two attached hydrogens (primary N) is 1. The number of amides is 1. The van der Waals surface area contributed by atoms with Crippen LogP contribution in [-0.4, -0.2) is 29.2 Å². The smallest absolute Gasteiger partial charge is 0.394 e. The summed E-state index contributed by atoms with van der Waals surface area (Å²) in [6.45, 7) is 2.49. The number of ether oxygens (including phenoxy) is 1. The largest absolute Gasteiger partial charge is 0.493 e. The van der Waals surface area contributed by atoms with Crippen molar-refractivity contribution < 1.29 is 31.5 Å². The van der Waals surface area contributed by atoms with E-state index in [0.717, 1.165) is 26.2 Å². The predicted molar refractivity (Wildman–Crippen MR) is 117 cm³/mol. The number of rotatable bonds is 4. The Labute approximate surface area is 196 Å². The van der Waals surface area contributed by atoms with Crippen molar-refractivity contribution in [2.45, 2.75) is 38.3 Å². The lowest BCUT2D eigenvalue weighted by Crippen LogP contribution is -2.38. The van der Waals surface area contributed by atoms with E-state index in [0.29, 0.717) is 0 Å². The number of carbonyl (C=O) groups excluding carboxylic acids is 1. The maximum Gasteiger partial charge on any atom is 0.394 e. The van der Waals surface area contributed by atoms with Gasteiger partial charge in [0.1, 0.15) is 5.69 Å². The minimum Gasteiger partial charge on any atom is -0.493 e. The lowest BCUT2D eigenvalue weighted by molar-refractivity contribution is -0.229. The molecule has 3 aromatic rings. The van der Waals surface area contributed by atoms with Crippen LogP contribution in [0.3, 0.4) is 0 Å². The number of primary amides is 1. The zero-order chi connectivity index (χ0) is 25.9. The number of benzene rings is 1. The van der Waals surface area contributed by atoms with Gasteiger partial charge < -0.3 is 15.5 Å². The Kier molecular flexibility index (Phi) is 5.85. The Morgan fingerprint density at radius 3 is 2.54 bits per heavy atom. The zero-order valence-electron chi connectivity index (χ0n) is 19.0. The van der Waals surface area contributed by atoms with Crippen LogP contribution < -0.4 is 15.9 Å². The van der Waals surface area contributed by atoms with E-state index >= 15 is 0 Å². The van der Waals surface area contributed by atoms with E-state index in [1.807, 2.05) is 0 Å². The molecule has 0 radical (unpaired) electrons. The van der Waals surface area contributed by atoms with E-state index in [1.165, 1.54) is 25.3 Å². The standard InChI is InChI=1S/C24H22F5N3O3/c1-10-17(15-8-16(33)18-14(32-15)6-7-31-20(18)22(30)34)12(9-23(10,2)24(27,28)29)11-4-5-13(25)19(26)21(11)35-3/h4-8,10,12,17H,9H2,1-3H3,(H2,30,34)(H,32,33)/t10-,12?,17?,23+/m1/s1. The number of aromatic amines is 1. The fourth-order valence-electron chi connectivity index (χ4n) is 5.31. The Bertz CT molecular complexity index is 1390. The molecule has 6 nitrogen and oxygen atoms in total. The number of nitrogens with zero attached hydrogens (tertiary/aromatic N) is 1. The third-order valence-electron chi connectivity index (χ3n) is 7.31. The van der Waals surface area contributed by atoms with E-state index in [-0.39, 0.29) is 27.9 Å². The molecule has 1 aromatic carbocycles. The van der Waals surface area contributed by atoms with Crippen LogP contribution in [0.4, 0.5) is 22.0 Å². The average Bonchev–Trinajstić information content (AvgIpc) is 3.06. The molecule has 2 aromatic heterocycles. The minimum absolute atomic E-state index is 0.0599. The highest BCUT2D eigenvalue weighted by Crippen LogP contribution is 2.64. The number of alkyl halides is 3. The first-order chi connectivity index (χ1) is 16.3. The van der Waals surface area contributed by atoms with Gasteiger partial charge in [-0.15, -0.1) is 0 Å². The Hall–Kier alpha value is -3.50. The molecule has 1 amide bonds. The number of halogens is 5. The lowest BCUT2D eigenvalue weighted by atomic mass is 9.76. The molecule has 0 aliphatic heterocycles. The molecule has 0 bridgehead atoms. The number of fused-ring (bicyclic) bond motifs is 1. The van der Waals surface area contributed by atoms with Crippen LogP contribution in [0, 0.1) is 23.0 Å². The number of aromatic nitrogens is 2. The summed E-state index contributed by atoms with van der Waals surface area (Å²) in [7, 11) is 1.11. The summed E-state index contributed by atoms with van der Waals surface area (Å²) in [5.41, 5.74) is 2.56. The number of hydrogen-bond donors (Lipinski definition) is 2. The molecule has 35 heavy (non-hydrogen) atoms. The number of pyridine rings is 2. The molecular weight excluding hydrogens is 473 g/mol. The van der Waals surface area contributed by atoms with Crippen molar-refractivity contribution >= 4 is 16.8 Å². The first kappa shape index (κ1) is 24.6. The van der Waals surface area contributed by atoms with Crippen molar-refractivity contribution in [3.8, 4) is 5.75 Å². The highest BCUT2D eigenvalue weighted by Gasteiger charge is 2.63. The van der Waals surface area contributed by atoms with Crippen LogP contribution in [0.2, 0.25) is 0 Å². The molecule has 0 spiro atoms. The molecule has 4 atom stereocenters. The third kappa shape index (κ3) is 3.73. The predicted octanol–water partition coefficient (Wildman–Crippen LogP) is 4.78. The maximum absolute atomic E-state index is 14.5. The van der Waals surface area contributed by atoms with E-state index in [1.54, 1.807) is 0 Å². The van der Waals surface area contributed by atoms with E-state index in [9.17, 15) is 31.5 Å². The fraction of sp³-hybridized carbons (Fsp3) is 0.375. The van der Waals surface area contributed by atoms with Crippen LogP contribution in [0.15, 0.2) is 35.3 Å². The van der Waals surface area contributed by atoms with E-state index in [2.05, 4.69) is 9.97 Å². The van der Waals surface area contributed by atoms with Gasteiger partial charge in [0.05, 0.1) is 23.4 Å². The quantitative estimate of drug-likeness (QED) is 0.509. The van der Waals surface area contributed by atoms with Gasteiger partial charge in [0.15, 0.2) is 17.0 Å². The highest BCUT2D eigenvalue weighted by atomic mass is 19.4. The summed E-state index contributed by atoms with van der Waals surface area (Å²) in [5, 5.41) is -0.0880. The van der Waals surface area contributed by atoms with Crippen LogP contribution in [0.1, 0.15) is 53.8 Å². The molecular formula is C24H22F5N3O3. The normalized spacial score (nSPS) is 24.6. The molecule has 4 rings (SSSR count). The molecule has 186 valence electrons. The van der Waals surface area contributed by atoms with Crippen molar-refractivity contribution in [1.29, 1.82) is 0 Å². The van der Waals surface area contributed by atoms with Gasteiger partial charge in [-0.25, -0.2) is 4.39 Å². The van der Waals surface area contributed by atoms with Crippen molar-refractivity contribution in [2.75, 3.05) is 7.11 Å². The van der Waals surface area contributed by atoms with E-state index in [4.69, 9.17) is 10.5 Å².